The minimum Gasteiger partial charge on any atom is -0.339 e. The Balaban J connectivity index is 1.52. The highest BCUT2D eigenvalue weighted by Crippen LogP contribution is 2.23. The molecule has 6 nitrogen and oxygen atoms in total. The van der Waals surface area contributed by atoms with Gasteiger partial charge in [0.15, 0.2) is 0 Å². The third-order valence-corrected chi connectivity index (χ3v) is 4.75. The predicted molar refractivity (Wildman–Crippen MR) is 83.9 cm³/mol. The van der Waals surface area contributed by atoms with Crippen LogP contribution >= 0.6 is 0 Å². The number of aliphatic imine (C=N–C) groups is 1. The normalized spacial score (nSPS) is 30.9. The van der Waals surface area contributed by atoms with E-state index in [2.05, 4.69) is 45.3 Å². The van der Waals surface area contributed by atoms with Crippen LogP contribution in [0.3, 0.4) is 0 Å². The van der Waals surface area contributed by atoms with Crippen LogP contribution in [0.5, 0.6) is 0 Å². The first-order valence-corrected chi connectivity index (χ1v) is 7.99. The van der Waals surface area contributed by atoms with Crippen molar-refractivity contribution < 1.29 is 4.79 Å². The molecule has 3 N–H and O–H groups in total. The van der Waals surface area contributed by atoms with Crippen LogP contribution in [0.2, 0.25) is 0 Å². The van der Waals surface area contributed by atoms with Crippen LogP contribution in [0.4, 0.5) is 0 Å². The quantitative estimate of drug-likeness (QED) is 0.731. The lowest BCUT2D eigenvalue weighted by molar-refractivity contribution is -0.124. The van der Waals surface area contributed by atoms with E-state index in [0.29, 0.717) is 12.6 Å². The van der Waals surface area contributed by atoms with E-state index in [-0.39, 0.29) is 18.0 Å². The van der Waals surface area contributed by atoms with Gasteiger partial charge in [0.2, 0.25) is 11.9 Å². The van der Waals surface area contributed by atoms with Gasteiger partial charge in [-0.2, -0.15) is 0 Å². The summed E-state index contributed by atoms with van der Waals surface area (Å²) >= 11 is 0. The van der Waals surface area contributed by atoms with E-state index in [1.807, 2.05) is 6.07 Å². The van der Waals surface area contributed by atoms with Crippen molar-refractivity contribution in [2.45, 2.75) is 31.5 Å². The molecule has 0 aliphatic carbocycles. The van der Waals surface area contributed by atoms with Gasteiger partial charge in [-0.3, -0.25) is 15.5 Å². The topological polar surface area (TPSA) is 68.8 Å². The summed E-state index contributed by atoms with van der Waals surface area (Å²) in [5.41, 5.74) is 7.44. The minimum atomic E-state index is -0.137. The largest absolute Gasteiger partial charge is 0.339 e. The Labute approximate surface area is 129 Å². The number of likely N-dealkylation sites (tertiary alicyclic amines) is 1. The molecule has 22 heavy (non-hydrogen) atoms. The molecular formula is C16H21N5O. The van der Waals surface area contributed by atoms with Crippen molar-refractivity contribution in [2.75, 3.05) is 13.1 Å². The van der Waals surface area contributed by atoms with Crippen molar-refractivity contribution >= 4 is 11.9 Å². The number of amides is 1. The molecule has 0 aromatic heterocycles. The second-order valence-electron chi connectivity index (χ2n) is 6.20. The fourth-order valence-corrected chi connectivity index (χ4v) is 3.57. The number of fused-ring (bicyclic) bond motifs is 1. The second kappa shape index (κ2) is 5.70. The van der Waals surface area contributed by atoms with Gasteiger partial charge in [0.05, 0.1) is 5.92 Å². The third-order valence-electron chi connectivity index (χ3n) is 4.75. The summed E-state index contributed by atoms with van der Waals surface area (Å²) in [6.45, 7) is 1.60. The second-order valence-corrected chi connectivity index (χ2v) is 6.20. The first kappa shape index (κ1) is 13.7. The molecule has 0 bridgehead atoms. The van der Waals surface area contributed by atoms with Crippen molar-refractivity contribution in [3.63, 3.8) is 0 Å². The van der Waals surface area contributed by atoms with E-state index in [9.17, 15) is 4.79 Å². The van der Waals surface area contributed by atoms with Crippen molar-refractivity contribution in [3.8, 4) is 0 Å². The Morgan fingerprint density at radius 1 is 1.27 bits per heavy atom. The Morgan fingerprint density at radius 2 is 2.14 bits per heavy atom. The number of guanidine groups is 1. The van der Waals surface area contributed by atoms with Crippen molar-refractivity contribution in [2.24, 2.45) is 10.9 Å². The first-order chi connectivity index (χ1) is 10.8. The van der Waals surface area contributed by atoms with Crippen molar-refractivity contribution in [1.82, 2.24) is 21.1 Å². The van der Waals surface area contributed by atoms with Gasteiger partial charge in [-0.05, 0) is 24.8 Å². The summed E-state index contributed by atoms with van der Waals surface area (Å²) < 4.78 is 0. The van der Waals surface area contributed by atoms with Crippen LogP contribution in [0.1, 0.15) is 18.4 Å². The molecule has 1 amide bonds. The van der Waals surface area contributed by atoms with Crippen LogP contribution in [0, 0.1) is 5.92 Å². The molecule has 3 aliphatic heterocycles. The molecule has 6 heteroatoms. The lowest BCUT2D eigenvalue weighted by Crippen LogP contribution is -2.54. The zero-order valence-corrected chi connectivity index (χ0v) is 12.5. The van der Waals surface area contributed by atoms with E-state index in [0.717, 1.165) is 31.8 Å². The van der Waals surface area contributed by atoms with Crippen LogP contribution in [0.15, 0.2) is 35.3 Å². The SMILES string of the molecule is O=C1NC(N2CCCC2Cc2ccccc2)=NC2NNCC12. The molecule has 0 radical (unpaired) electrons. The minimum absolute atomic E-state index is 0.0675. The molecule has 1 aromatic carbocycles. The number of hydrogen-bond acceptors (Lipinski definition) is 5. The van der Waals surface area contributed by atoms with Crippen LogP contribution in [-0.4, -0.2) is 42.1 Å². The molecule has 4 rings (SSSR count). The maximum absolute atomic E-state index is 12.2. The summed E-state index contributed by atoms with van der Waals surface area (Å²) in [6.07, 6.45) is 3.15. The zero-order valence-electron chi connectivity index (χ0n) is 12.5. The Kier molecular flexibility index (Phi) is 3.56. The number of nitrogens with zero attached hydrogens (tertiary/aromatic N) is 2. The zero-order chi connectivity index (χ0) is 14.9. The fourth-order valence-electron chi connectivity index (χ4n) is 3.57. The third kappa shape index (κ3) is 2.48. The molecule has 0 saturated carbocycles. The molecule has 3 heterocycles. The number of nitrogens with one attached hydrogen (secondary N) is 3. The van der Waals surface area contributed by atoms with Gasteiger partial charge >= 0.3 is 0 Å². The van der Waals surface area contributed by atoms with E-state index in [1.54, 1.807) is 0 Å². The smallest absolute Gasteiger partial charge is 0.234 e. The maximum atomic E-state index is 12.2. The van der Waals surface area contributed by atoms with Gasteiger partial charge in [-0.15, -0.1) is 0 Å². The Hall–Kier alpha value is -1.92. The summed E-state index contributed by atoms with van der Waals surface area (Å²) in [4.78, 5) is 19.2. The van der Waals surface area contributed by atoms with Crippen LogP contribution < -0.4 is 16.2 Å². The van der Waals surface area contributed by atoms with E-state index in [4.69, 9.17) is 4.99 Å². The number of hydrogen-bond donors (Lipinski definition) is 3. The number of carbonyl (C=O) groups is 1. The highest BCUT2D eigenvalue weighted by Gasteiger charge is 2.39. The maximum Gasteiger partial charge on any atom is 0.234 e. The highest BCUT2D eigenvalue weighted by molar-refractivity contribution is 6.00. The van der Waals surface area contributed by atoms with Crippen molar-refractivity contribution in [1.29, 1.82) is 0 Å². The Morgan fingerprint density at radius 3 is 3.00 bits per heavy atom. The molecular weight excluding hydrogens is 278 g/mol. The molecule has 0 spiro atoms. The average molecular weight is 299 g/mol. The molecule has 3 atom stereocenters. The Bertz CT molecular complexity index is 587. The molecule has 3 aliphatic rings. The van der Waals surface area contributed by atoms with E-state index >= 15 is 0 Å². The van der Waals surface area contributed by atoms with Gasteiger partial charge < -0.3 is 4.90 Å². The van der Waals surface area contributed by atoms with Crippen LogP contribution in [0.25, 0.3) is 0 Å². The summed E-state index contributed by atoms with van der Waals surface area (Å²) in [6, 6.07) is 10.9. The van der Waals surface area contributed by atoms with Crippen molar-refractivity contribution in [3.05, 3.63) is 35.9 Å². The molecule has 1 aromatic rings. The number of carbonyl (C=O) groups excluding carboxylic acids is 1. The number of hydrazine groups is 1. The number of rotatable bonds is 2. The monoisotopic (exact) mass is 299 g/mol. The lowest BCUT2D eigenvalue weighted by atomic mass is 10.0. The summed E-state index contributed by atoms with van der Waals surface area (Å²) in [5.74, 6) is 0.706. The van der Waals surface area contributed by atoms with Gasteiger partial charge in [0.1, 0.15) is 6.17 Å². The highest BCUT2D eigenvalue weighted by atomic mass is 16.2. The predicted octanol–water partition coefficient (Wildman–Crippen LogP) is 0.229. The van der Waals surface area contributed by atoms with Gasteiger partial charge in [0.25, 0.3) is 0 Å². The van der Waals surface area contributed by atoms with E-state index < -0.39 is 0 Å². The summed E-state index contributed by atoms with van der Waals surface area (Å²) in [5, 5.41) is 3.00. The fraction of sp³-hybridized carbons (Fsp3) is 0.500. The van der Waals surface area contributed by atoms with E-state index in [1.165, 1.54) is 5.56 Å². The van der Waals surface area contributed by atoms with Gasteiger partial charge in [-0.1, -0.05) is 30.3 Å². The van der Waals surface area contributed by atoms with Gasteiger partial charge in [0, 0.05) is 19.1 Å². The molecule has 2 saturated heterocycles. The van der Waals surface area contributed by atoms with Gasteiger partial charge in [-0.25, -0.2) is 10.4 Å². The first-order valence-electron chi connectivity index (χ1n) is 7.99. The molecule has 2 fully saturated rings. The lowest BCUT2D eigenvalue weighted by Gasteiger charge is -2.32. The van der Waals surface area contributed by atoms with Crippen LogP contribution in [-0.2, 0) is 11.2 Å². The number of benzene rings is 1. The summed E-state index contributed by atoms with van der Waals surface area (Å²) in [7, 11) is 0. The standard InChI is InChI=1S/C16H21N5O/c22-15-13-10-17-20-14(13)18-16(19-15)21-8-4-7-12(21)9-11-5-2-1-3-6-11/h1-3,5-6,12-14,17,20H,4,7-10H2,(H,18,19,22). The molecule has 3 unspecified atom stereocenters. The average Bonchev–Trinajstić information content (AvgIpc) is 3.17. The molecule has 116 valence electrons.